The summed E-state index contributed by atoms with van der Waals surface area (Å²) < 4.78 is 0. The number of hydrogen-bond donors (Lipinski definition) is 1. The van der Waals surface area contributed by atoms with Crippen molar-refractivity contribution in [2.75, 3.05) is 38.6 Å². The van der Waals surface area contributed by atoms with Crippen molar-refractivity contribution in [3.05, 3.63) is 23.9 Å². The van der Waals surface area contributed by atoms with Crippen molar-refractivity contribution in [3.8, 4) is 0 Å². The second-order valence-electron chi connectivity index (χ2n) is 4.85. The van der Waals surface area contributed by atoms with Crippen LogP contribution in [0.15, 0.2) is 18.3 Å². The molecule has 0 aliphatic carbocycles. The zero-order valence-electron chi connectivity index (χ0n) is 12.0. The molecule has 2 heterocycles. The van der Waals surface area contributed by atoms with Crippen molar-refractivity contribution in [1.82, 2.24) is 15.2 Å². The van der Waals surface area contributed by atoms with Crippen LogP contribution in [0, 0.1) is 0 Å². The Morgan fingerprint density at radius 1 is 1.45 bits per heavy atom. The van der Waals surface area contributed by atoms with Gasteiger partial charge in [-0.05, 0) is 19.1 Å². The number of rotatable bonds is 2. The lowest BCUT2D eigenvalue weighted by molar-refractivity contribution is 0.0655. The first-order chi connectivity index (χ1) is 8.59. The molecule has 1 amide bonds. The zero-order chi connectivity index (χ0) is 13.1. The Kier molecular flexibility index (Phi) is 7.86. The number of amides is 1. The Morgan fingerprint density at radius 3 is 2.75 bits per heavy atom. The van der Waals surface area contributed by atoms with Crippen LogP contribution in [0.4, 0.5) is 5.82 Å². The number of nitrogens with zero attached hydrogens (tertiary/aromatic N) is 3. The van der Waals surface area contributed by atoms with Gasteiger partial charge in [-0.2, -0.15) is 0 Å². The fraction of sp³-hybridized carbons (Fsp3) is 0.538. The quantitative estimate of drug-likeness (QED) is 0.895. The molecule has 7 heteroatoms. The molecule has 0 radical (unpaired) electrons. The number of carbonyl (C=O) groups is 1. The predicted octanol–water partition coefficient (Wildman–Crippen LogP) is 1.43. The topological polar surface area (TPSA) is 48.5 Å². The van der Waals surface area contributed by atoms with Crippen LogP contribution in [0.5, 0.6) is 0 Å². The minimum atomic E-state index is 0. The van der Waals surface area contributed by atoms with Crippen LogP contribution >= 0.6 is 24.8 Å². The van der Waals surface area contributed by atoms with Gasteiger partial charge in [-0.15, -0.1) is 24.8 Å². The molecule has 0 spiro atoms. The fourth-order valence-electron chi connectivity index (χ4n) is 2.10. The average molecular weight is 321 g/mol. The maximum Gasteiger partial charge on any atom is 0.254 e. The summed E-state index contributed by atoms with van der Waals surface area (Å²) in [7, 11) is 3.84. The smallest absolute Gasteiger partial charge is 0.254 e. The van der Waals surface area contributed by atoms with Crippen LogP contribution in [-0.4, -0.2) is 55.6 Å². The summed E-state index contributed by atoms with van der Waals surface area (Å²) in [4.78, 5) is 20.5. The van der Waals surface area contributed by atoms with E-state index in [1.165, 1.54) is 0 Å². The monoisotopic (exact) mass is 320 g/mol. The summed E-state index contributed by atoms with van der Waals surface area (Å²) in [6, 6.07) is 3.86. The third kappa shape index (κ3) is 4.23. The van der Waals surface area contributed by atoms with Gasteiger partial charge in [0.1, 0.15) is 5.82 Å². The van der Waals surface area contributed by atoms with Gasteiger partial charge in [0.2, 0.25) is 0 Å². The zero-order valence-corrected chi connectivity index (χ0v) is 13.6. The van der Waals surface area contributed by atoms with Gasteiger partial charge in [0.25, 0.3) is 5.91 Å². The highest BCUT2D eigenvalue weighted by atomic mass is 35.5. The number of nitrogens with one attached hydrogen (secondary N) is 1. The van der Waals surface area contributed by atoms with Gasteiger partial charge in [0, 0.05) is 51.5 Å². The molecule has 2 rings (SSSR count). The summed E-state index contributed by atoms with van der Waals surface area (Å²) >= 11 is 0. The third-order valence-corrected chi connectivity index (χ3v) is 3.21. The van der Waals surface area contributed by atoms with E-state index < -0.39 is 0 Å². The van der Waals surface area contributed by atoms with E-state index in [0.29, 0.717) is 5.56 Å². The predicted molar refractivity (Wildman–Crippen MR) is 86.4 cm³/mol. The Balaban J connectivity index is 0.00000180. The number of anilines is 1. The van der Waals surface area contributed by atoms with Crippen molar-refractivity contribution in [3.63, 3.8) is 0 Å². The number of hydrogen-bond acceptors (Lipinski definition) is 4. The van der Waals surface area contributed by atoms with E-state index >= 15 is 0 Å². The number of carbonyl (C=O) groups excluding carboxylic acids is 1. The van der Waals surface area contributed by atoms with Crippen LogP contribution in [0.25, 0.3) is 0 Å². The molecular weight excluding hydrogens is 299 g/mol. The Hall–Kier alpha value is -1.04. The Morgan fingerprint density at radius 2 is 2.15 bits per heavy atom. The number of pyridine rings is 1. The average Bonchev–Trinajstić information content (AvgIpc) is 2.38. The summed E-state index contributed by atoms with van der Waals surface area (Å²) in [5, 5.41) is 3.29. The second kappa shape index (κ2) is 8.29. The van der Waals surface area contributed by atoms with Crippen LogP contribution < -0.4 is 10.2 Å². The summed E-state index contributed by atoms with van der Waals surface area (Å²) in [6.07, 6.45) is 1.69. The standard InChI is InChI=1S/C13H20N4O.2ClH/c1-10-9-14-6-7-17(10)13(18)11-4-5-15-12(8-11)16(2)3;;/h4-5,8,10,14H,6-7,9H2,1-3H3;2*1H/t10-;;/m0../s1. The molecule has 0 bridgehead atoms. The molecule has 0 unspecified atom stereocenters. The molecule has 1 saturated heterocycles. The third-order valence-electron chi connectivity index (χ3n) is 3.21. The second-order valence-corrected chi connectivity index (χ2v) is 4.85. The van der Waals surface area contributed by atoms with Crippen LogP contribution in [-0.2, 0) is 0 Å². The van der Waals surface area contributed by atoms with E-state index in [9.17, 15) is 4.79 Å². The minimum absolute atomic E-state index is 0. The van der Waals surface area contributed by atoms with Crippen molar-refractivity contribution >= 4 is 36.5 Å². The van der Waals surface area contributed by atoms with Crippen molar-refractivity contribution in [1.29, 1.82) is 0 Å². The number of aromatic nitrogens is 1. The van der Waals surface area contributed by atoms with E-state index in [4.69, 9.17) is 0 Å². The van der Waals surface area contributed by atoms with Crippen LogP contribution in [0.1, 0.15) is 17.3 Å². The first-order valence-electron chi connectivity index (χ1n) is 6.24. The first-order valence-corrected chi connectivity index (χ1v) is 6.24. The van der Waals surface area contributed by atoms with Gasteiger partial charge in [-0.3, -0.25) is 4.79 Å². The molecule has 1 atom stereocenters. The molecule has 0 aromatic carbocycles. The Labute approximate surface area is 132 Å². The lowest BCUT2D eigenvalue weighted by Gasteiger charge is -2.34. The number of halogens is 2. The van der Waals surface area contributed by atoms with Gasteiger partial charge in [0.15, 0.2) is 0 Å². The highest BCUT2D eigenvalue weighted by Crippen LogP contribution is 2.14. The van der Waals surface area contributed by atoms with Crippen molar-refractivity contribution < 1.29 is 4.79 Å². The van der Waals surface area contributed by atoms with Gasteiger partial charge in [0.05, 0.1) is 0 Å². The summed E-state index contributed by atoms with van der Waals surface area (Å²) in [6.45, 7) is 4.55. The molecule has 1 aliphatic rings. The molecule has 1 aliphatic heterocycles. The normalized spacial score (nSPS) is 17.8. The summed E-state index contributed by atoms with van der Waals surface area (Å²) in [5.41, 5.74) is 0.711. The molecule has 5 nitrogen and oxygen atoms in total. The Bertz CT molecular complexity index is 442. The lowest BCUT2D eigenvalue weighted by atomic mass is 10.1. The van der Waals surface area contributed by atoms with Gasteiger partial charge in [-0.1, -0.05) is 0 Å². The van der Waals surface area contributed by atoms with E-state index in [2.05, 4.69) is 17.2 Å². The van der Waals surface area contributed by atoms with Crippen molar-refractivity contribution in [2.24, 2.45) is 0 Å². The first kappa shape index (κ1) is 19.0. The van der Waals surface area contributed by atoms with Gasteiger partial charge >= 0.3 is 0 Å². The highest BCUT2D eigenvalue weighted by Gasteiger charge is 2.24. The molecule has 1 aromatic heterocycles. The van der Waals surface area contributed by atoms with Gasteiger partial charge < -0.3 is 15.1 Å². The van der Waals surface area contributed by atoms with Crippen molar-refractivity contribution in [2.45, 2.75) is 13.0 Å². The van der Waals surface area contributed by atoms with E-state index in [1.54, 1.807) is 12.3 Å². The molecule has 1 aromatic rings. The van der Waals surface area contributed by atoms with Gasteiger partial charge in [-0.25, -0.2) is 4.98 Å². The molecule has 1 N–H and O–H groups in total. The van der Waals surface area contributed by atoms with E-state index in [0.717, 1.165) is 25.5 Å². The minimum Gasteiger partial charge on any atom is -0.363 e. The van der Waals surface area contributed by atoms with Crippen LogP contribution in [0.3, 0.4) is 0 Å². The molecular formula is C13H22Cl2N4O. The molecule has 0 saturated carbocycles. The number of piperazine rings is 1. The van der Waals surface area contributed by atoms with E-state index in [1.807, 2.05) is 30.0 Å². The molecule has 1 fully saturated rings. The summed E-state index contributed by atoms with van der Waals surface area (Å²) in [5.74, 6) is 0.901. The largest absolute Gasteiger partial charge is 0.363 e. The SMILES string of the molecule is C[C@H]1CNCCN1C(=O)c1ccnc(N(C)C)c1.Cl.Cl. The fourth-order valence-corrected chi connectivity index (χ4v) is 2.10. The molecule has 114 valence electrons. The maximum absolute atomic E-state index is 12.4. The molecule has 20 heavy (non-hydrogen) atoms. The van der Waals surface area contributed by atoms with Crippen LogP contribution in [0.2, 0.25) is 0 Å². The maximum atomic E-state index is 12.4. The van der Waals surface area contributed by atoms with E-state index in [-0.39, 0.29) is 36.8 Å². The highest BCUT2D eigenvalue weighted by molar-refractivity contribution is 5.95. The lowest BCUT2D eigenvalue weighted by Crippen LogP contribution is -2.52.